The number of anilines is 1. The molecule has 14 nitrogen and oxygen atoms in total. The molecule has 2 aromatic heterocycles. The Morgan fingerprint density at radius 2 is 1.53 bits per heavy atom. The van der Waals surface area contributed by atoms with Crippen molar-refractivity contribution in [1.82, 2.24) is 19.5 Å². The van der Waals surface area contributed by atoms with Crippen LogP contribution in [0, 0.1) is 41.1 Å². The Kier molecular flexibility index (Phi) is 15.5. The summed E-state index contributed by atoms with van der Waals surface area (Å²) >= 11 is 0. The van der Waals surface area contributed by atoms with Crippen molar-refractivity contribution in [3.8, 4) is 23.0 Å². The van der Waals surface area contributed by atoms with E-state index in [1.165, 1.54) is 4.52 Å². The molecule has 0 spiro atoms. The normalized spacial score (nSPS) is 18.6. The third-order valence-corrected chi connectivity index (χ3v) is 12.1. The molecule has 2 heterocycles. The van der Waals surface area contributed by atoms with E-state index in [1.807, 2.05) is 18.2 Å². The first-order valence-corrected chi connectivity index (χ1v) is 21.1. The van der Waals surface area contributed by atoms with Gasteiger partial charge in [0, 0.05) is 11.1 Å². The Balaban J connectivity index is 1.90. The minimum atomic E-state index is -1.03. The van der Waals surface area contributed by atoms with Crippen LogP contribution < -0.4 is 14.8 Å². The molecule has 0 bridgehead atoms. The van der Waals surface area contributed by atoms with E-state index in [0.29, 0.717) is 58.2 Å². The van der Waals surface area contributed by atoms with Crippen LogP contribution in [0.25, 0.3) is 21.9 Å². The Morgan fingerprint density at radius 1 is 0.949 bits per heavy atom. The number of methoxy groups -OCH3 is 1. The van der Waals surface area contributed by atoms with Crippen LogP contribution >= 0.6 is 0 Å². The maximum Gasteiger partial charge on any atom is 0.416 e. The predicted molar refractivity (Wildman–Crippen MR) is 229 cm³/mol. The number of carbonyl (C=O) groups is 3. The lowest BCUT2D eigenvalue weighted by atomic mass is 9.54. The molecule has 1 aliphatic carbocycles. The summed E-state index contributed by atoms with van der Waals surface area (Å²) in [4.78, 5) is 47.6. The van der Waals surface area contributed by atoms with E-state index < -0.39 is 31.1 Å². The Labute approximate surface area is 350 Å². The van der Waals surface area contributed by atoms with Gasteiger partial charge in [0.05, 0.1) is 38.2 Å². The van der Waals surface area contributed by atoms with Gasteiger partial charge in [0.2, 0.25) is 5.88 Å². The molecule has 0 saturated heterocycles. The zero-order chi connectivity index (χ0) is 43.9. The maximum absolute atomic E-state index is 14.0. The van der Waals surface area contributed by atoms with Crippen LogP contribution in [0.2, 0.25) is 0 Å². The molecule has 0 aliphatic heterocycles. The van der Waals surface area contributed by atoms with Gasteiger partial charge in [0.25, 0.3) is 5.69 Å². The van der Waals surface area contributed by atoms with Crippen molar-refractivity contribution in [1.29, 1.82) is 0 Å². The third kappa shape index (κ3) is 11.3. The summed E-state index contributed by atoms with van der Waals surface area (Å²) in [5.41, 5.74) is 2.43. The van der Waals surface area contributed by atoms with Gasteiger partial charge in [-0.2, -0.15) is 4.52 Å². The molecule has 3 aromatic rings. The van der Waals surface area contributed by atoms with Crippen LogP contribution in [0.3, 0.4) is 0 Å². The number of H-pyrrole nitrogens is 1. The SMILES string of the molecule is [C-]#[N+]c1c(CC2C(C(C)(C)C)CC(C)CC2C(C)(C)C)c2[nH]c(-c3ccc(OC)c(NCOC(C)(CC)CC)c3)nn2c1OC(=O)N(CC(=O)OCC)CC(=O)OCC. The first-order valence-electron chi connectivity index (χ1n) is 21.1. The van der Waals surface area contributed by atoms with Crippen molar-refractivity contribution in [2.45, 2.75) is 121 Å². The van der Waals surface area contributed by atoms with Gasteiger partial charge in [-0.05, 0) is 106 Å². The van der Waals surface area contributed by atoms with E-state index in [9.17, 15) is 14.4 Å². The molecule has 326 valence electrons. The Hall–Kier alpha value is -4.77. The number of nitrogens with one attached hydrogen (secondary N) is 2. The summed E-state index contributed by atoms with van der Waals surface area (Å²) in [6, 6.07) is 5.63. The van der Waals surface area contributed by atoms with E-state index >= 15 is 0 Å². The van der Waals surface area contributed by atoms with Crippen molar-refractivity contribution < 1.29 is 38.1 Å². The van der Waals surface area contributed by atoms with Crippen molar-refractivity contribution in [2.75, 3.05) is 45.5 Å². The van der Waals surface area contributed by atoms with Gasteiger partial charge < -0.3 is 34.0 Å². The van der Waals surface area contributed by atoms with E-state index in [-0.39, 0.29) is 53.9 Å². The van der Waals surface area contributed by atoms with E-state index in [0.717, 1.165) is 30.6 Å². The first kappa shape index (κ1) is 46.9. The topological polar surface area (TPSA) is 150 Å². The number of fused-ring (bicyclic) bond motifs is 1. The molecule has 59 heavy (non-hydrogen) atoms. The van der Waals surface area contributed by atoms with Gasteiger partial charge in [-0.3, -0.25) is 14.5 Å². The van der Waals surface area contributed by atoms with Crippen LogP contribution in [-0.2, 0) is 30.2 Å². The van der Waals surface area contributed by atoms with Crippen LogP contribution in [-0.4, -0.2) is 83.3 Å². The molecule has 2 atom stereocenters. The van der Waals surface area contributed by atoms with Crippen LogP contribution in [0.15, 0.2) is 18.2 Å². The number of aromatic amines is 1. The molecule has 1 amide bonds. The number of ether oxygens (including phenoxy) is 5. The maximum atomic E-state index is 14.0. The van der Waals surface area contributed by atoms with Gasteiger partial charge in [-0.15, -0.1) is 5.10 Å². The van der Waals surface area contributed by atoms with Crippen LogP contribution in [0.4, 0.5) is 16.2 Å². The quantitative estimate of drug-likeness (QED) is 0.0766. The van der Waals surface area contributed by atoms with E-state index in [1.54, 1.807) is 21.0 Å². The fourth-order valence-corrected chi connectivity index (χ4v) is 8.46. The average Bonchev–Trinajstić information content (AvgIpc) is 3.72. The largest absolute Gasteiger partial charge is 0.495 e. The summed E-state index contributed by atoms with van der Waals surface area (Å²) in [6.45, 7) is 33.5. The van der Waals surface area contributed by atoms with Gasteiger partial charge in [-0.25, -0.2) is 9.64 Å². The second-order valence-corrected chi connectivity index (χ2v) is 18.2. The first-order chi connectivity index (χ1) is 27.7. The number of benzene rings is 1. The number of nitrogens with zero attached hydrogens (tertiary/aromatic N) is 4. The molecule has 1 saturated carbocycles. The van der Waals surface area contributed by atoms with Gasteiger partial charge in [0.1, 0.15) is 31.2 Å². The summed E-state index contributed by atoms with van der Waals surface area (Å²) < 4.78 is 29.6. The summed E-state index contributed by atoms with van der Waals surface area (Å²) in [5.74, 6) is 0.909. The molecular formula is C45H68N6O8. The number of hydrogen-bond acceptors (Lipinski definition) is 10. The second kappa shape index (κ2) is 19.5. The standard InChI is InChI=1S/C45H68N6O8/c1-15-45(12,16-2)58-27-47-34-23-29(19-20-35(34)55-14)39-48-40-31(24-30-32(43(6,7)8)21-28(5)22-33(30)44(9,10)11)38(46-13)41(51(40)49-39)59-42(54)50(25-36(52)56-17-3)26-37(53)57-18-4/h19-20,23,28,30,32-33,47H,15-18,21-22,24-27H2,1-12,14H3,(H,48,49). The number of amides is 1. The van der Waals surface area contributed by atoms with Gasteiger partial charge >= 0.3 is 18.0 Å². The van der Waals surface area contributed by atoms with Crippen molar-refractivity contribution in [3.63, 3.8) is 0 Å². The van der Waals surface area contributed by atoms with E-state index in [4.69, 9.17) is 35.4 Å². The number of carbonyl (C=O) groups excluding carboxylic acids is 3. The van der Waals surface area contributed by atoms with Gasteiger partial charge in [-0.1, -0.05) is 62.3 Å². The fourth-order valence-electron chi connectivity index (χ4n) is 8.46. The molecule has 14 heteroatoms. The van der Waals surface area contributed by atoms with Crippen molar-refractivity contribution in [2.24, 2.45) is 34.5 Å². The molecule has 1 aromatic carbocycles. The predicted octanol–water partition coefficient (Wildman–Crippen LogP) is 9.69. The summed E-state index contributed by atoms with van der Waals surface area (Å²) in [6.07, 6.45) is 3.34. The smallest absolute Gasteiger partial charge is 0.416 e. The zero-order valence-electron chi connectivity index (χ0n) is 37.7. The lowest BCUT2D eigenvalue weighted by Crippen LogP contribution is -2.44. The fraction of sp³-hybridized carbons (Fsp3) is 0.667. The molecule has 2 N–H and O–H groups in total. The van der Waals surface area contributed by atoms with Crippen molar-refractivity contribution >= 4 is 35.1 Å². The lowest BCUT2D eigenvalue weighted by Gasteiger charge is -2.51. The highest BCUT2D eigenvalue weighted by Crippen LogP contribution is 2.54. The highest BCUT2D eigenvalue weighted by molar-refractivity contribution is 5.85. The highest BCUT2D eigenvalue weighted by Gasteiger charge is 2.46. The number of rotatable bonds is 17. The number of esters is 2. The molecule has 2 unspecified atom stereocenters. The summed E-state index contributed by atoms with van der Waals surface area (Å²) in [7, 11) is 1.61. The zero-order valence-corrected chi connectivity index (χ0v) is 37.7. The minimum Gasteiger partial charge on any atom is -0.495 e. The summed E-state index contributed by atoms with van der Waals surface area (Å²) in [5, 5.41) is 8.29. The van der Waals surface area contributed by atoms with Gasteiger partial charge in [0.15, 0.2) is 5.82 Å². The number of aromatic nitrogens is 3. The third-order valence-electron chi connectivity index (χ3n) is 12.1. The highest BCUT2D eigenvalue weighted by atomic mass is 16.6. The van der Waals surface area contributed by atoms with Crippen LogP contribution in [0.5, 0.6) is 11.6 Å². The molecule has 1 fully saturated rings. The van der Waals surface area contributed by atoms with E-state index in [2.05, 4.69) is 84.4 Å². The van der Waals surface area contributed by atoms with Crippen LogP contribution in [0.1, 0.15) is 114 Å². The average molecular weight is 821 g/mol. The molecule has 1 aliphatic rings. The minimum absolute atomic E-state index is 0.0169. The Bertz CT molecular complexity index is 1920. The lowest BCUT2D eigenvalue weighted by molar-refractivity contribution is -0.147. The van der Waals surface area contributed by atoms with Crippen molar-refractivity contribution in [3.05, 3.63) is 35.2 Å². The monoisotopic (exact) mass is 821 g/mol. The Morgan fingerprint density at radius 3 is 2.02 bits per heavy atom. The molecule has 0 radical (unpaired) electrons. The number of hydrogen-bond donors (Lipinski definition) is 2. The second-order valence-electron chi connectivity index (χ2n) is 18.2. The molecular weight excluding hydrogens is 753 g/mol. The molecule has 4 rings (SSSR count).